The molecule has 0 saturated heterocycles. The topological polar surface area (TPSA) is 30.7 Å². The number of benzene rings is 3. The lowest BCUT2D eigenvalue weighted by Crippen LogP contribution is -2.00. The van der Waals surface area contributed by atoms with Crippen LogP contribution in [0, 0.1) is 5.82 Å². The summed E-state index contributed by atoms with van der Waals surface area (Å²) < 4.78 is 15.3. The molecule has 134 valence electrons. The van der Waals surface area contributed by atoms with E-state index < -0.39 is 0 Å². The van der Waals surface area contributed by atoms with Crippen molar-refractivity contribution in [3.8, 4) is 17.1 Å². The second-order valence-corrected chi connectivity index (χ2v) is 7.21. The average Bonchev–Trinajstić information content (AvgIpc) is 3.12. The molecule has 4 rings (SSSR count). The van der Waals surface area contributed by atoms with E-state index in [2.05, 4.69) is 10.2 Å². The zero-order valence-corrected chi connectivity index (χ0v) is 15.8. The van der Waals surface area contributed by atoms with E-state index in [4.69, 9.17) is 11.6 Å². The molecule has 0 spiro atoms. The molecule has 0 aliphatic heterocycles. The number of hydrogen-bond donors (Lipinski definition) is 0. The molecule has 1 aromatic heterocycles. The third-order valence-corrected chi connectivity index (χ3v) is 5.41. The minimum absolute atomic E-state index is 0.279. The summed E-state index contributed by atoms with van der Waals surface area (Å²) in [6.07, 6.45) is 0. The maximum Gasteiger partial charge on any atom is 0.196 e. The highest BCUT2D eigenvalue weighted by Gasteiger charge is 2.16. The molecule has 3 nitrogen and oxygen atoms in total. The van der Waals surface area contributed by atoms with Crippen LogP contribution in [0.1, 0.15) is 5.56 Å². The second-order valence-electron chi connectivity index (χ2n) is 5.86. The Bertz CT molecular complexity index is 1050. The van der Waals surface area contributed by atoms with E-state index in [0.717, 1.165) is 27.0 Å². The first-order valence-corrected chi connectivity index (χ1v) is 9.72. The van der Waals surface area contributed by atoms with Crippen molar-refractivity contribution in [3.63, 3.8) is 0 Å². The van der Waals surface area contributed by atoms with Gasteiger partial charge in [-0.25, -0.2) is 4.39 Å². The minimum atomic E-state index is -0.279. The van der Waals surface area contributed by atoms with E-state index in [1.165, 1.54) is 12.1 Å². The van der Waals surface area contributed by atoms with Crippen molar-refractivity contribution >= 4 is 23.4 Å². The Morgan fingerprint density at radius 3 is 2.30 bits per heavy atom. The number of hydrogen-bond acceptors (Lipinski definition) is 3. The predicted molar refractivity (Wildman–Crippen MR) is 108 cm³/mol. The van der Waals surface area contributed by atoms with Crippen molar-refractivity contribution in [2.75, 3.05) is 0 Å². The Labute approximate surface area is 165 Å². The molecule has 0 fully saturated rings. The van der Waals surface area contributed by atoms with E-state index in [0.29, 0.717) is 11.6 Å². The summed E-state index contributed by atoms with van der Waals surface area (Å²) in [6.45, 7) is 0. The Hall–Kier alpha value is -2.63. The maximum absolute atomic E-state index is 13.4. The van der Waals surface area contributed by atoms with E-state index in [1.54, 1.807) is 23.9 Å². The minimum Gasteiger partial charge on any atom is -0.270 e. The Morgan fingerprint density at radius 2 is 1.56 bits per heavy atom. The first-order chi connectivity index (χ1) is 13.2. The molecule has 6 heteroatoms. The Morgan fingerprint density at radius 1 is 0.852 bits per heavy atom. The van der Waals surface area contributed by atoms with Gasteiger partial charge in [-0.1, -0.05) is 71.9 Å². The van der Waals surface area contributed by atoms with Gasteiger partial charge in [-0.15, -0.1) is 10.2 Å². The van der Waals surface area contributed by atoms with E-state index in [-0.39, 0.29) is 5.82 Å². The van der Waals surface area contributed by atoms with Crippen molar-refractivity contribution in [2.45, 2.75) is 10.9 Å². The van der Waals surface area contributed by atoms with Crippen LogP contribution >= 0.6 is 23.4 Å². The number of rotatable bonds is 5. The molecule has 4 aromatic rings. The SMILES string of the molecule is Fc1ccc(-n2c(SCc3ccccc3Cl)nnc2-c2ccccc2)cc1. The number of nitrogens with zero attached hydrogens (tertiary/aromatic N) is 3. The highest BCUT2D eigenvalue weighted by Crippen LogP contribution is 2.31. The molecule has 0 aliphatic rings. The van der Waals surface area contributed by atoms with Crippen LogP contribution in [-0.2, 0) is 5.75 Å². The van der Waals surface area contributed by atoms with Gasteiger partial charge in [0.25, 0.3) is 0 Å². The molecule has 0 bridgehead atoms. The van der Waals surface area contributed by atoms with Gasteiger partial charge in [-0.3, -0.25) is 4.57 Å². The van der Waals surface area contributed by atoms with Gasteiger partial charge in [-0.05, 0) is 35.9 Å². The normalized spacial score (nSPS) is 10.9. The largest absolute Gasteiger partial charge is 0.270 e. The molecule has 27 heavy (non-hydrogen) atoms. The summed E-state index contributed by atoms with van der Waals surface area (Å²) in [5.74, 6) is 1.09. The summed E-state index contributed by atoms with van der Waals surface area (Å²) in [4.78, 5) is 0. The van der Waals surface area contributed by atoms with Crippen LogP contribution in [0.15, 0.2) is 84.0 Å². The average molecular weight is 396 g/mol. The molecule has 0 atom stereocenters. The smallest absolute Gasteiger partial charge is 0.196 e. The van der Waals surface area contributed by atoms with E-state index in [1.807, 2.05) is 59.2 Å². The highest BCUT2D eigenvalue weighted by molar-refractivity contribution is 7.98. The van der Waals surface area contributed by atoms with Crippen molar-refractivity contribution in [2.24, 2.45) is 0 Å². The van der Waals surface area contributed by atoms with Crippen molar-refractivity contribution in [3.05, 3.63) is 95.3 Å². The quantitative estimate of drug-likeness (QED) is 0.387. The van der Waals surface area contributed by atoms with Gasteiger partial charge in [0.15, 0.2) is 11.0 Å². The van der Waals surface area contributed by atoms with E-state index >= 15 is 0 Å². The fourth-order valence-electron chi connectivity index (χ4n) is 2.72. The molecule has 3 aromatic carbocycles. The van der Waals surface area contributed by atoms with Crippen LogP contribution in [0.4, 0.5) is 4.39 Å². The van der Waals surface area contributed by atoms with Crippen LogP contribution in [0.3, 0.4) is 0 Å². The molecule has 1 heterocycles. The summed E-state index contributed by atoms with van der Waals surface area (Å²) in [5, 5.41) is 10.2. The lowest BCUT2D eigenvalue weighted by molar-refractivity contribution is 0.627. The summed E-state index contributed by atoms with van der Waals surface area (Å²) in [6, 6.07) is 23.9. The highest BCUT2D eigenvalue weighted by atomic mass is 35.5. The zero-order chi connectivity index (χ0) is 18.6. The Kier molecular flexibility index (Phi) is 5.23. The molecule has 0 radical (unpaired) electrons. The molecule has 0 saturated carbocycles. The van der Waals surface area contributed by atoms with Gasteiger partial charge in [0.2, 0.25) is 0 Å². The van der Waals surface area contributed by atoms with Crippen LogP contribution in [-0.4, -0.2) is 14.8 Å². The number of halogens is 2. The maximum atomic E-state index is 13.4. The van der Waals surface area contributed by atoms with Gasteiger partial charge in [0.1, 0.15) is 5.82 Å². The fraction of sp³-hybridized carbons (Fsp3) is 0.0476. The van der Waals surface area contributed by atoms with Gasteiger partial charge >= 0.3 is 0 Å². The Balaban J connectivity index is 1.74. The summed E-state index contributed by atoms with van der Waals surface area (Å²) in [7, 11) is 0. The predicted octanol–water partition coefficient (Wildman–Crippen LogP) is 6.02. The van der Waals surface area contributed by atoms with Crippen LogP contribution in [0.2, 0.25) is 5.02 Å². The van der Waals surface area contributed by atoms with Crippen LogP contribution in [0.5, 0.6) is 0 Å². The molecular formula is C21H15ClFN3S. The summed E-state index contributed by atoms with van der Waals surface area (Å²) in [5.41, 5.74) is 2.78. The molecular weight excluding hydrogens is 381 g/mol. The monoisotopic (exact) mass is 395 g/mol. The van der Waals surface area contributed by atoms with Gasteiger partial charge in [0.05, 0.1) is 0 Å². The number of thioether (sulfide) groups is 1. The number of aromatic nitrogens is 3. The van der Waals surface area contributed by atoms with Gasteiger partial charge < -0.3 is 0 Å². The zero-order valence-electron chi connectivity index (χ0n) is 14.2. The van der Waals surface area contributed by atoms with Crippen molar-refractivity contribution in [1.82, 2.24) is 14.8 Å². The molecule has 0 aliphatic carbocycles. The first-order valence-electron chi connectivity index (χ1n) is 8.35. The second kappa shape index (κ2) is 7.94. The summed E-state index contributed by atoms with van der Waals surface area (Å²) >= 11 is 7.81. The van der Waals surface area contributed by atoms with Gasteiger partial charge in [0, 0.05) is 22.0 Å². The van der Waals surface area contributed by atoms with Crippen molar-refractivity contribution < 1.29 is 4.39 Å². The molecule has 0 amide bonds. The first kappa shape index (κ1) is 17.8. The van der Waals surface area contributed by atoms with Crippen LogP contribution < -0.4 is 0 Å². The standard InChI is InChI=1S/C21H15ClFN3S/c22-19-9-5-4-8-16(19)14-27-21-25-24-20(15-6-2-1-3-7-15)26(21)18-12-10-17(23)11-13-18/h1-13H,14H2. The van der Waals surface area contributed by atoms with Gasteiger partial charge in [-0.2, -0.15) is 0 Å². The van der Waals surface area contributed by atoms with Crippen molar-refractivity contribution in [1.29, 1.82) is 0 Å². The third kappa shape index (κ3) is 3.89. The fourth-order valence-corrected chi connectivity index (χ4v) is 3.96. The lowest BCUT2D eigenvalue weighted by atomic mass is 10.2. The van der Waals surface area contributed by atoms with E-state index in [9.17, 15) is 4.39 Å². The lowest BCUT2D eigenvalue weighted by Gasteiger charge is -2.11. The molecule has 0 N–H and O–H groups in total. The molecule has 0 unspecified atom stereocenters. The third-order valence-electron chi connectivity index (χ3n) is 4.06. The van der Waals surface area contributed by atoms with Crippen LogP contribution in [0.25, 0.3) is 17.1 Å².